The Bertz CT molecular complexity index is 178. The summed E-state index contributed by atoms with van der Waals surface area (Å²) in [4.78, 5) is 12.6. The topological polar surface area (TPSA) is 49.8 Å². The minimum absolute atomic E-state index is 0.144. The van der Waals surface area contributed by atoms with E-state index >= 15 is 0 Å². The summed E-state index contributed by atoms with van der Waals surface area (Å²) in [6.07, 6.45) is 0. The van der Waals surface area contributed by atoms with Gasteiger partial charge in [-0.25, -0.2) is 0 Å². The van der Waals surface area contributed by atoms with Crippen molar-refractivity contribution >= 4 is 5.97 Å². The lowest BCUT2D eigenvalue weighted by molar-refractivity contribution is -0.147. The molecule has 13 heavy (non-hydrogen) atoms. The minimum atomic E-state index is -0.671. The number of carboxylic acids is 1. The van der Waals surface area contributed by atoms with Gasteiger partial charge in [0.1, 0.15) is 0 Å². The Balaban J connectivity index is 2.10. The third kappa shape index (κ3) is 2.97. The summed E-state index contributed by atoms with van der Waals surface area (Å²) in [5.41, 5.74) is 0. The van der Waals surface area contributed by atoms with Gasteiger partial charge in [0.2, 0.25) is 0 Å². The number of hydrogen-bond donors (Lipinski definition) is 1. The van der Waals surface area contributed by atoms with Crippen molar-refractivity contribution < 1.29 is 14.6 Å². The lowest BCUT2D eigenvalue weighted by Crippen LogP contribution is -2.51. The van der Waals surface area contributed by atoms with Crippen molar-refractivity contribution in [3.05, 3.63) is 0 Å². The van der Waals surface area contributed by atoms with Gasteiger partial charge in [-0.2, -0.15) is 0 Å². The summed E-state index contributed by atoms with van der Waals surface area (Å²) in [6.45, 7) is 5.19. The molecule has 1 atom stereocenters. The zero-order chi connectivity index (χ0) is 9.84. The van der Waals surface area contributed by atoms with Gasteiger partial charge in [-0.1, -0.05) is 6.92 Å². The van der Waals surface area contributed by atoms with Crippen molar-refractivity contribution in [2.24, 2.45) is 11.8 Å². The van der Waals surface area contributed by atoms with E-state index in [1.165, 1.54) is 0 Å². The highest BCUT2D eigenvalue weighted by atomic mass is 16.5. The van der Waals surface area contributed by atoms with Crippen LogP contribution in [0.3, 0.4) is 0 Å². The van der Waals surface area contributed by atoms with E-state index < -0.39 is 5.97 Å². The lowest BCUT2D eigenvalue weighted by Gasteiger charge is -2.38. The third-order valence-electron chi connectivity index (χ3n) is 2.33. The molecule has 4 nitrogen and oxygen atoms in total. The van der Waals surface area contributed by atoms with Crippen molar-refractivity contribution in [1.29, 1.82) is 0 Å². The largest absolute Gasteiger partial charge is 0.481 e. The Labute approximate surface area is 78.5 Å². The fourth-order valence-corrected chi connectivity index (χ4v) is 1.65. The molecule has 1 rings (SSSR count). The van der Waals surface area contributed by atoms with Gasteiger partial charge in [0.15, 0.2) is 0 Å². The monoisotopic (exact) mass is 187 g/mol. The summed E-state index contributed by atoms with van der Waals surface area (Å²) in [5, 5.41) is 8.64. The molecule has 76 valence electrons. The summed E-state index contributed by atoms with van der Waals surface area (Å²) in [7, 11) is 1.69. The predicted molar refractivity (Wildman–Crippen MR) is 48.6 cm³/mol. The fraction of sp³-hybridized carbons (Fsp3) is 0.889. The summed E-state index contributed by atoms with van der Waals surface area (Å²) in [6, 6.07) is 0. The molecule has 0 amide bonds. The van der Waals surface area contributed by atoms with E-state index in [0.717, 1.165) is 13.2 Å². The molecule has 0 aromatic carbocycles. The van der Waals surface area contributed by atoms with Crippen LogP contribution in [0.1, 0.15) is 6.92 Å². The average molecular weight is 187 g/mol. The molecule has 0 radical (unpaired) electrons. The number of likely N-dealkylation sites (tertiary alicyclic amines) is 1. The number of carbonyl (C=O) groups is 1. The van der Waals surface area contributed by atoms with Crippen LogP contribution in [0.25, 0.3) is 0 Å². The highest BCUT2D eigenvalue weighted by Crippen LogP contribution is 2.16. The molecule has 0 aromatic rings. The van der Waals surface area contributed by atoms with Crippen molar-refractivity contribution in [2.45, 2.75) is 6.92 Å². The summed E-state index contributed by atoms with van der Waals surface area (Å²) >= 11 is 0. The maximum absolute atomic E-state index is 10.5. The van der Waals surface area contributed by atoms with Crippen LogP contribution in [-0.2, 0) is 9.53 Å². The van der Waals surface area contributed by atoms with Crippen LogP contribution in [0, 0.1) is 11.8 Å². The molecule has 0 bridgehead atoms. The maximum Gasteiger partial charge on any atom is 0.309 e. The van der Waals surface area contributed by atoms with E-state index in [2.05, 4.69) is 11.8 Å². The van der Waals surface area contributed by atoms with E-state index in [1.54, 1.807) is 7.11 Å². The number of aliphatic carboxylic acids is 1. The number of ether oxygens (including phenoxy) is 1. The molecule has 1 N–H and O–H groups in total. The quantitative estimate of drug-likeness (QED) is 0.672. The number of methoxy groups -OCH3 is 1. The van der Waals surface area contributed by atoms with Crippen LogP contribution in [-0.4, -0.2) is 49.3 Å². The van der Waals surface area contributed by atoms with E-state index in [-0.39, 0.29) is 5.92 Å². The number of rotatable bonds is 5. The van der Waals surface area contributed by atoms with Crippen LogP contribution in [0.5, 0.6) is 0 Å². The summed E-state index contributed by atoms with van der Waals surface area (Å²) in [5.74, 6) is -0.329. The van der Waals surface area contributed by atoms with Gasteiger partial charge in [-0.05, 0) is 5.92 Å². The van der Waals surface area contributed by atoms with Gasteiger partial charge in [-0.3, -0.25) is 4.79 Å². The van der Waals surface area contributed by atoms with Crippen LogP contribution >= 0.6 is 0 Å². The van der Waals surface area contributed by atoms with E-state index in [9.17, 15) is 4.79 Å². The van der Waals surface area contributed by atoms with Crippen LogP contribution < -0.4 is 0 Å². The molecule has 0 aromatic heterocycles. The molecule has 1 unspecified atom stereocenters. The Morgan fingerprint density at radius 2 is 2.31 bits per heavy atom. The molecule has 0 saturated carbocycles. The van der Waals surface area contributed by atoms with E-state index in [1.807, 2.05) is 0 Å². The SMILES string of the molecule is COCC(C)CN1CC(C(=O)O)C1. The molecule has 1 heterocycles. The maximum atomic E-state index is 10.5. The van der Waals surface area contributed by atoms with Crippen LogP contribution in [0.4, 0.5) is 0 Å². The number of carboxylic acid groups (broad SMARTS) is 1. The molecule has 4 heteroatoms. The molecule has 1 aliphatic rings. The first kappa shape index (κ1) is 10.5. The zero-order valence-corrected chi connectivity index (χ0v) is 8.19. The Hall–Kier alpha value is -0.610. The first-order valence-corrected chi connectivity index (χ1v) is 4.57. The number of hydrogen-bond acceptors (Lipinski definition) is 3. The van der Waals surface area contributed by atoms with Crippen molar-refractivity contribution in [1.82, 2.24) is 4.90 Å². The first-order chi connectivity index (χ1) is 6.13. The highest BCUT2D eigenvalue weighted by Gasteiger charge is 2.32. The van der Waals surface area contributed by atoms with Crippen molar-refractivity contribution in [2.75, 3.05) is 33.4 Å². The summed E-state index contributed by atoms with van der Waals surface area (Å²) < 4.78 is 5.00. The van der Waals surface area contributed by atoms with Crippen LogP contribution in [0.15, 0.2) is 0 Å². The van der Waals surface area contributed by atoms with Gasteiger partial charge in [0.05, 0.1) is 5.92 Å². The second kappa shape index (κ2) is 4.58. The molecule has 1 fully saturated rings. The fourth-order valence-electron chi connectivity index (χ4n) is 1.65. The smallest absolute Gasteiger partial charge is 0.309 e. The van der Waals surface area contributed by atoms with Gasteiger partial charge in [-0.15, -0.1) is 0 Å². The Morgan fingerprint density at radius 3 is 2.77 bits per heavy atom. The molecule has 0 spiro atoms. The number of nitrogens with zero attached hydrogens (tertiary/aromatic N) is 1. The first-order valence-electron chi connectivity index (χ1n) is 4.57. The lowest BCUT2D eigenvalue weighted by atomic mass is 9.99. The van der Waals surface area contributed by atoms with Crippen LogP contribution in [0.2, 0.25) is 0 Å². The average Bonchev–Trinajstić information content (AvgIpc) is 1.95. The molecule has 1 aliphatic heterocycles. The standard InChI is InChI=1S/C9H17NO3/c1-7(6-13-2)3-10-4-8(5-10)9(11)12/h7-8H,3-6H2,1-2H3,(H,11,12). The van der Waals surface area contributed by atoms with Gasteiger partial charge in [0.25, 0.3) is 0 Å². The Kier molecular flexibility index (Phi) is 3.69. The predicted octanol–water partition coefficient (Wildman–Crippen LogP) is 0.285. The zero-order valence-electron chi connectivity index (χ0n) is 8.19. The Morgan fingerprint density at radius 1 is 1.69 bits per heavy atom. The van der Waals surface area contributed by atoms with Gasteiger partial charge >= 0.3 is 5.97 Å². The second-order valence-electron chi connectivity index (χ2n) is 3.81. The van der Waals surface area contributed by atoms with Crippen molar-refractivity contribution in [3.63, 3.8) is 0 Å². The van der Waals surface area contributed by atoms with Gasteiger partial charge < -0.3 is 14.7 Å². The van der Waals surface area contributed by atoms with E-state index in [4.69, 9.17) is 9.84 Å². The molecule has 0 aliphatic carbocycles. The second-order valence-corrected chi connectivity index (χ2v) is 3.81. The van der Waals surface area contributed by atoms with E-state index in [0.29, 0.717) is 19.0 Å². The molecular weight excluding hydrogens is 170 g/mol. The highest BCUT2D eigenvalue weighted by molar-refractivity contribution is 5.71. The molecule has 1 saturated heterocycles. The van der Waals surface area contributed by atoms with Crippen molar-refractivity contribution in [3.8, 4) is 0 Å². The normalized spacial score (nSPS) is 21.1. The molecular formula is C9H17NO3. The minimum Gasteiger partial charge on any atom is -0.481 e. The van der Waals surface area contributed by atoms with Gasteiger partial charge in [0, 0.05) is 33.4 Å². The third-order valence-corrected chi connectivity index (χ3v) is 2.33.